The van der Waals surface area contributed by atoms with E-state index in [-0.39, 0.29) is 11.8 Å². The molecule has 33 heavy (non-hydrogen) atoms. The molecule has 0 aliphatic heterocycles. The average molecular weight is 426 g/mol. The van der Waals surface area contributed by atoms with Gasteiger partial charge < -0.3 is 4.98 Å². The van der Waals surface area contributed by atoms with Crippen LogP contribution in [-0.2, 0) is 0 Å². The summed E-state index contributed by atoms with van der Waals surface area (Å²) in [6.45, 7) is 4.58. The van der Waals surface area contributed by atoms with Crippen LogP contribution in [0.5, 0.6) is 0 Å². The topological polar surface area (TPSA) is 15.8 Å². The molecule has 0 saturated carbocycles. The van der Waals surface area contributed by atoms with Crippen LogP contribution in [0.3, 0.4) is 0 Å². The highest BCUT2D eigenvalue weighted by Gasteiger charge is 2.37. The van der Waals surface area contributed by atoms with Crippen molar-refractivity contribution in [3.8, 4) is 0 Å². The number of allylic oxidation sites excluding steroid dienone is 2. The molecule has 4 aromatic carbocycles. The van der Waals surface area contributed by atoms with Gasteiger partial charge in [-0.25, -0.2) is 0 Å². The molecule has 0 spiro atoms. The van der Waals surface area contributed by atoms with Crippen LogP contribution in [0.15, 0.2) is 115 Å². The van der Waals surface area contributed by atoms with E-state index in [1.54, 1.807) is 0 Å². The molecule has 1 heterocycles. The number of fused-ring (bicyclic) bond motifs is 3. The summed E-state index contributed by atoms with van der Waals surface area (Å²) in [5.74, 6) is 0.376. The predicted octanol–water partition coefficient (Wildman–Crippen LogP) is 8.23. The first-order valence-electron chi connectivity index (χ1n) is 11.7. The molecule has 6 rings (SSSR count). The highest BCUT2D eigenvalue weighted by atomic mass is 14.7. The molecule has 1 aromatic heterocycles. The lowest BCUT2D eigenvalue weighted by atomic mass is 9.68. The van der Waals surface area contributed by atoms with Crippen molar-refractivity contribution < 1.29 is 0 Å². The van der Waals surface area contributed by atoms with Gasteiger partial charge in [0.2, 0.25) is 0 Å². The Morgan fingerprint density at radius 3 is 1.85 bits per heavy atom. The lowest BCUT2D eigenvalue weighted by molar-refractivity contribution is 0.843. The van der Waals surface area contributed by atoms with Gasteiger partial charge in [-0.05, 0) is 53.3 Å². The molecule has 0 radical (unpaired) electrons. The van der Waals surface area contributed by atoms with Crippen LogP contribution in [0, 0.1) is 6.92 Å². The highest BCUT2D eigenvalue weighted by Crippen LogP contribution is 2.53. The van der Waals surface area contributed by atoms with E-state index in [0.717, 1.165) is 0 Å². The third-order valence-corrected chi connectivity index (χ3v) is 7.20. The monoisotopic (exact) mass is 425 g/mol. The number of aromatic amines is 1. The first kappa shape index (κ1) is 19.8. The van der Waals surface area contributed by atoms with E-state index in [1.807, 2.05) is 0 Å². The normalized spacial score (nSPS) is 17.9. The Balaban J connectivity index is 1.74. The minimum atomic E-state index is 0.162. The zero-order chi connectivity index (χ0) is 22.4. The van der Waals surface area contributed by atoms with Gasteiger partial charge in [-0.15, -0.1) is 0 Å². The molecule has 160 valence electrons. The Kier molecular flexibility index (Phi) is 4.77. The lowest BCUT2D eigenvalue weighted by Crippen LogP contribution is -2.19. The van der Waals surface area contributed by atoms with Gasteiger partial charge >= 0.3 is 0 Å². The van der Waals surface area contributed by atoms with Crippen LogP contribution in [0.4, 0.5) is 0 Å². The van der Waals surface area contributed by atoms with Crippen LogP contribution < -0.4 is 0 Å². The second-order valence-corrected chi connectivity index (χ2v) is 9.10. The summed E-state index contributed by atoms with van der Waals surface area (Å²) in [4.78, 5) is 3.87. The number of rotatable bonds is 3. The van der Waals surface area contributed by atoms with Crippen molar-refractivity contribution in [2.75, 3.05) is 0 Å². The fourth-order valence-electron chi connectivity index (χ4n) is 5.75. The van der Waals surface area contributed by atoms with Gasteiger partial charge in [0, 0.05) is 28.4 Å². The fraction of sp³-hybridized carbons (Fsp3) is 0.125. The summed E-state index contributed by atoms with van der Waals surface area (Å²) in [7, 11) is 0. The minimum Gasteiger partial charge on any atom is -0.357 e. The van der Waals surface area contributed by atoms with E-state index in [4.69, 9.17) is 0 Å². The molecule has 2 atom stereocenters. The van der Waals surface area contributed by atoms with Crippen molar-refractivity contribution in [1.82, 2.24) is 4.98 Å². The van der Waals surface area contributed by atoms with E-state index in [2.05, 4.69) is 128 Å². The molecule has 0 amide bonds. The summed E-state index contributed by atoms with van der Waals surface area (Å²) in [5, 5.41) is 1.32. The Bertz CT molecular complexity index is 1470. The van der Waals surface area contributed by atoms with Crippen LogP contribution in [-0.4, -0.2) is 4.98 Å². The zero-order valence-electron chi connectivity index (χ0n) is 19.0. The van der Waals surface area contributed by atoms with Crippen LogP contribution >= 0.6 is 0 Å². The Hall–Kier alpha value is -3.84. The van der Waals surface area contributed by atoms with Crippen molar-refractivity contribution in [2.45, 2.75) is 25.7 Å². The number of hydrogen-bond donors (Lipinski definition) is 1. The fourth-order valence-corrected chi connectivity index (χ4v) is 5.75. The Morgan fingerprint density at radius 2 is 1.15 bits per heavy atom. The quantitative estimate of drug-likeness (QED) is 0.300. The molecule has 0 fully saturated rings. The zero-order valence-corrected chi connectivity index (χ0v) is 19.0. The number of H-pyrrole nitrogens is 1. The highest BCUT2D eigenvalue weighted by molar-refractivity contribution is 5.92. The van der Waals surface area contributed by atoms with Gasteiger partial charge in [-0.1, -0.05) is 109 Å². The van der Waals surface area contributed by atoms with Crippen molar-refractivity contribution in [3.05, 3.63) is 148 Å². The van der Waals surface area contributed by atoms with Gasteiger partial charge in [0.15, 0.2) is 0 Å². The molecule has 1 nitrogen and oxygen atoms in total. The van der Waals surface area contributed by atoms with E-state index >= 15 is 0 Å². The van der Waals surface area contributed by atoms with Crippen molar-refractivity contribution in [3.63, 3.8) is 0 Å². The third kappa shape index (κ3) is 3.15. The van der Waals surface area contributed by atoms with E-state index in [9.17, 15) is 0 Å². The van der Waals surface area contributed by atoms with Crippen LogP contribution in [0.2, 0.25) is 0 Å². The maximum atomic E-state index is 3.87. The molecule has 0 bridgehead atoms. The standard InChI is InChI=1S/C32H27N/c1-21-13-9-10-18-25(21)29-22(2)28(23-14-5-3-6-15-23)31-26-19-11-12-20-27(26)33-32(31)30(29)24-16-7-4-8-17-24/h3-20,28,30,33H,1-2H3. The van der Waals surface area contributed by atoms with E-state index in [1.165, 1.54) is 55.6 Å². The molecule has 1 aliphatic rings. The Morgan fingerprint density at radius 1 is 0.576 bits per heavy atom. The minimum absolute atomic E-state index is 0.162. The second kappa shape index (κ2) is 7.94. The largest absolute Gasteiger partial charge is 0.357 e. The van der Waals surface area contributed by atoms with Gasteiger partial charge in [0.25, 0.3) is 0 Å². The van der Waals surface area contributed by atoms with Crippen LogP contribution in [0.1, 0.15) is 52.3 Å². The summed E-state index contributed by atoms with van der Waals surface area (Å²) in [6.07, 6.45) is 0. The molecular weight excluding hydrogens is 398 g/mol. The van der Waals surface area contributed by atoms with Gasteiger partial charge in [0.1, 0.15) is 0 Å². The number of benzene rings is 4. The molecule has 2 unspecified atom stereocenters. The first-order chi connectivity index (χ1) is 16.2. The molecule has 0 saturated heterocycles. The van der Waals surface area contributed by atoms with Crippen molar-refractivity contribution in [1.29, 1.82) is 0 Å². The summed E-state index contributed by atoms with van der Waals surface area (Å²) >= 11 is 0. The second-order valence-electron chi connectivity index (χ2n) is 9.10. The summed E-state index contributed by atoms with van der Waals surface area (Å²) in [6, 6.07) is 39.5. The third-order valence-electron chi connectivity index (χ3n) is 7.20. The van der Waals surface area contributed by atoms with Gasteiger partial charge in [-0.3, -0.25) is 0 Å². The molecular formula is C32H27N. The average Bonchev–Trinajstić information content (AvgIpc) is 3.24. The first-order valence-corrected chi connectivity index (χ1v) is 11.7. The smallest absolute Gasteiger partial charge is 0.0500 e. The number of para-hydroxylation sites is 1. The Labute approximate surface area is 195 Å². The predicted molar refractivity (Wildman–Crippen MR) is 139 cm³/mol. The van der Waals surface area contributed by atoms with Gasteiger partial charge in [-0.2, -0.15) is 0 Å². The number of aromatic nitrogens is 1. The van der Waals surface area contributed by atoms with Crippen molar-refractivity contribution in [2.24, 2.45) is 0 Å². The molecule has 5 aromatic rings. The maximum absolute atomic E-state index is 3.87. The van der Waals surface area contributed by atoms with Crippen molar-refractivity contribution >= 4 is 16.5 Å². The number of nitrogens with one attached hydrogen (secondary N) is 1. The molecule has 1 aliphatic carbocycles. The number of aryl methyl sites for hydroxylation is 1. The molecule has 1 N–H and O–H groups in total. The van der Waals surface area contributed by atoms with Crippen LogP contribution in [0.25, 0.3) is 16.5 Å². The maximum Gasteiger partial charge on any atom is 0.0500 e. The van der Waals surface area contributed by atoms with Gasteiger partial charge in [0.05, 0.1) is 0 Å². The molecule has 1 heteroatoms. The summed E-state index contributed by atoms with van der Waals surface area (Å²) in [5.41, 5.74) is 12.1. The van der Waals surface area contributed by atoms with E-state index < -0.39 is 0 Å². The van der Waals surface area contributed by atoms with E-state index in [0.29, 0.717) is 0 Å². The lowest BCUT2D eigenvalue weighted by Gasteiger charge is -2.35. The SMILES string of the molecule is CC1=C(c2ccccc2C)C(c2ccccc2)c2[nH]c3ccccc3c2C1c1ccccc1. The summed E-state index contributed by atoms with van der Waals surface area (Å²) < 4.78 is 0. The number of hydrogen-bond acceptors (Lipinski definition) is 0.